The van der Waals surface area contributed by atoms with E-state index in [1.54, 1.807) is 17.9 Å². The fraction of sp³-hybridized carbons (Fsp3) is 0.667. The average Bonchev–Trinajstić information content (AvgIpc) is 2.29. The van der Waals surface area contributed by atoms with Gasteiger partial charge < -0.3 is 10.2 Å². The molecule has 0 aromatic rings. The molecule has 4 nitrogen and oxygen atoms in total. The van der Waals surface area contributed by atoms with Crippen LogP contribution in [0.4, 0.5) is 0 Å². The van der Waals surface area contributed by atoms with Gasteiger partial charge in [-0.1, -0.05) is 19.9 Å². The molecule has 2 amide bonds. The van der Waals surface area contributed by atoms with Crippen molar-refractivity contribution < 1.29 is 9.59 Å². The summed E-state index contributed by atoms with van der Waals surface area (Å²) in [5, 5.41) is 2.78. The molecule has 4 heteroatoms. The van der Waals surface area contributed by atoms with E-state index in [0.29, 0.717) is 19.4 Å². The molecule has 1 saturated heterocycles. The van der Waals surface area contributed by atoms with Gasteiger partial charge in [0, 0.05) is 6.54 Å². The number of nitrogens with zero attached hydrogens (tertiary/aromatic N) is 1. The Kier molecular flexibility index (Phi) is 3.73. The van der Waals surface area contributed by atoms with Gasteiger partial charge in [0.1, 0.15) is 11.6 Å². The molecule has 0 aromatic carbocycles. The highest BCUT2D eigenvalue weighted by Gasteiger charge is 2.46. The van der Waals surface area contributed by atoms with Crippen molar-refractivity contribution in [3.05, 3.63) is 12.7 Å². The lowest BCUT2D eigenvalue weighted by atomic mass is 9.90. The van der Waals surface area contributed by atoms with Crippen molar-refractivity contribution in [1.29, 1.82) is 0 Å². The predicted molar refractivity (Wildman–Crippen MR) is 62.8 cm³/mol. The van der Waals surface area contributed by atoms with Crippen LogP contribution < -0.4 is 5.32 Å². The van der Waals surface area contributed by atoms with E-state index >= 15 is 0 Å². The Morgan fingerprint density at radius 2 is 2.12 bits per heavy atom. The second-order valence-corrected chi connectivity index (χ2v) is 4.30. The smallest absolute Gasteiger partial charge is 0.246 e. The van der Waals surface area contributed by atoms with Gasteiger partial charge in [0.15, 0.2) is 0 Å². The zero-order valence-electron chi connectivity index (χ0n) is 10.2. The topological polar surface area (TPSA) is 49.4 Å². The minimum absolute atomic E-state index is 0.00801. The van der Waals surface area contributed by atoms with E-state index in [-0.39, 0.29) is 17.9 Å². The number of hydrogen-bond donors (Lipinski definition) is 1. The van der Waals surface area contributed by atoms with Crippen LogP contribution in [-0.4, -0.2) is 34.8 Å². The maximum absolute atomic E-state index is 12.1. The zero-order chi connectivity index (χ0) is 12.3. The minimum Gasteiger partial charge on any atom is -0.342 e. The van der Waals surface area contributed by atoms with E-state index in [1.807, 2.05) is 13.8 Å². The van der Waals surface area contributed by atoms with Crippen LogP contribution in [-0.2, 0) is 9.59 Å². The SMILES string of the molecule is C=CCN1C(=O)C(CC)NC(=O)C1(C)CC. The normalized spacial score (nSPS) is 30.2. The molecule has 0 saturated carbocycles. The fourth-order valence-corrected chi connectivity index (χ4v) is 1.98. The van der Waals surface area contributed by atoms with Gasteiger partial charge in [-0.3, -0.25) is 9.59 Å². The highest BCUT2D eigenvalue weighted by atomic mass is 16.2. The summed E-state index contributed by atoms with van der Waals surface area (Å²) >= 11 is 0. The van der Waals surface area contributed by atoms with E-state index in [1.165, 1.54) is 0 Å². The molecule has 0 spiro atoms. The molecule has 1 aliphatic heterocycles. The van der Waals surface area contributed by atoms with Gasteiger partial charge in [0.2, 0.25) is 11.8 Å². The molecule has 2 atom stereocenters. The summed E-state index contributed by atoms with van der Waals surface area (Å²) in [5.41, 5.74) is -0.739. The first-order chi connectivity index (χ1) is 7.51. The molecule has 1 rings (SSSR count). The molecule has 1 N–H and O–H groups in total. The van der Waals surface area contributed by atoms with E-state index in [4.69, 9.17) is 0 Å². The van der Waals surface area contributed by atoms with Gasteiger partial charge in [-0.15, -0.1) is 6.58 Å². The number of hydrogen-bond acceptors (Lipinski definition) is 2. The Bertz CT molecular complexity index is 314. The van der Waals surface area contributed by atoms with Crippen LogP contribution in [0.15, 0.2) is 12.7 Å². The van der Waals surface area contributed by atoms with Gasteiger partial charge in [0.25, 0.3) is 0 Å². The minimum atomic E-state index is -0.739. The second-order valence-electron chi connectivity index (χ2n) is 4.30. The van der Waals surface area contributed by atoms with Gasteiger partial charge >= 0.3 is 0 Å². The third kappa shape index (κ3) is 1.84. The molecule has 0 radical (unpaired) electrons. The maximum Gasteiger partial charge on any atom is 0.246 e. The van der Waals surface area contributed by atoms with E-state index in [9.17, 15) is 9.59 Å². The van der Waals surface area contributed by atoms with Crippen molar-refractivity contribution in [2.24, 2.45) is 0 Å². The largest absolute Gasteiger partial charge is 0.342 e. The van der Waals surface area contributed by atoms with Crippen LogP contribution in [0, 0.1) is 0 Å². The van der Waals surface area contributed by atoms with E-state index < -0.39 is 5.54 Å². The van der Waals surface area contributed by atoms with Gasteiger partial charge in [-0.05, 0) is 19.8 Å². The lowest BCUT2D eigenvalue weighted by molar-refractivity contribution is -0.155. The third-order valence-electron chi connectivity index (χ3n) is 3.36. The monoisotopic (exact) mass is 224 g/mol. The molecule has 0 aliphatic carbocycles. The molecule has 1 fully saturated rings. The molecule has 0 aromatic heterocycles. The first-order valence-corrected chi connectivity index (χ1v) is 5.74. The molecule has 1 aliphatic rings. The summed E-state index contributed by atoms with van der Waals surface area (Å²) in [6.07, 6.45) is 2.89. The molecule has 16 heavy (non-hydrogen) atoms. The van der Waals surface area contributed by atoms with Gasteiger partial charge in [-0.2, -0.15) is 0 Å². The molecule has 0 bridgehead atoms. The number of nitrogens with one attached hydrogen (secondary N) is 1. The summed E-state index contributed by atoms with van der Waals surface area (Å²) < 4.78 is 0. The summed E-state index contributed by atoms with van der Waals surface area (Å²) in [6, 6.07) is -0.382. The maximum atomic E-state index is 12.1. The Balaban J connectivity index is 3.06. The Labute approximate surface area is 96.7 Å². The Morgan fingerprint density at radius 3 is 2.56 bits per heavy atom. The summed E-state index contributed by atoms with van der Waals surface area (Å²) in [5.74, 6) is -0.0744. The van der Waals surface area contributed by atoms with E-state index in [0.717, 1.165) is 0 Å². The first kappa shape index (κ1) is 12.7. The predicted octanol–water partition coefficient (Wildman–Crippen LogP) is 1.08. The Hall–Kier alpha value is -1.32. The van der Waals surface area contributed by atoms with Crippen LogP contribution in [0.25, 0.3) is 0 Å². The standard InChI is InChI=1S/C12H20N2O2/c1-5-8-14-10(15)9(6-2)13-11(16)12(14,4)7-3/h5,9H,1,6-8H2,2-4H3,(H,13,16). The molecule has 2 unspecified atom stereocenters. The van der Waals surface area contributed by atoms with Crippen LogP contribution in [0.2, 0.25) is 0 Å². The second kappa shape index (κ2) is 4.68. The third-order valence-corrected chi connectivity index (χ3v) is 3.36. The number of carbonyl (C=O) groups excluding carboxylic acids is 2. The number of piperazine rings is 1. The molecule has 1 heterocycles. The number of carbonyl (C=O) groups is 2. The van der Waals surface area contributed by atoms with Crippen molar-refractivity contribution in [2.45, 2.75) is 45.2 Å². The van der Waals surface area contributed by atoms with Crippen molar-refractivity contribution in [3.8, 4) is 0 Å². The average molecular weight is 224 g/mol. The lowest BCUT2D eigenvalue weighted by Gasteiger charge is -2.45. The highest BCUT2D eigenvalue weighted by molar-refractivity contribution is 5.99. The molecular formula is C12H20N2O2. The summed E-state index contributed by atoms with van der Waals surface area (Å²) in [4.78, 5) is 25.8. The van der Waals surface area contributed by atoms with Crippen molar-refractivity contribution in [3.63, 3.8) is 0 Å². The first-order valence-electron chi connectivity index (χ1n) is 5.74. The quantitative estimate of drug-likeness (QED) is 0.726. The van der Waals surface area contributed by atoms with E-state index in [2.05, 4.69) is 11.9 Å². The van der Waals surface area contributed by atoms with Crippen LogP contribution >= 0.6 is 0 Å². The summed E-state index contributed by atoms with van der Waals surface area (Å²) in [6.45, 7) is 9.67. The lowest BCUT2D eigenvalue weighted by Crippen LogP contribution is -2.69. The van der Waals surface area contributed by atoms with Crippen LogP contribution in [0.5, 0.6) is 0 Å². The molecular weight excluding hydrogens is 204 g/mol. The number of rotatable bonds is 4. The zero-order valence-corrected chi connectivity index (χ0v) is 10.2. The van der Waals surface area contributed by atoms with Crippen molar-refractivity contribution in [1.82, 2.24) is 10.2 Å². The van der Waals surface area contributed by atoms with Gasteiger partial charge in [-0.25, -0.2) is 0 Å². The van der Waals surface area contributed by atoms with Crippen molar-refractivity contribution >= 4 is 11.8 Å². The molecule has 90 valence electrons. The number of amides is 2. The van der Waals surface area contributed by atoms with Crippen LogP contribution in [0.1, 0.15) is 33.6 Å². The van der Waals surface area contributed by atoms with Crippen LogP contribution in [0.3, 0.4) is 0 Å². The highest BCUT2D eigenvalue weighted by Crippen LogP contribution is 2.25. The Morgan fingerprint density at radius 1 is 1.50 bits per heavy atom. The van der Waals surface area contributed by atoms with Crippen molar-refractivity contribution in [2.75, 3.05) is 6.54 Å². The van der Waals surface area contributed by atoms with Gasteiger partial charge in [0.05, 0.1) is 0 Å². The fourth-order valence-electron chi connectivity index (χ4n) is 1.98. The summed E-state index contributed by atoms with van der Waals surface area (Å²) in [7, 11) is 0.